The zero-order valence-electron chi connectivity index (χ0n) is 15.8. The van der Waals surface area contributed by atoms with Gasteiger partial charge in [-0.15, -0.1) is 0 Å². The lowest BCUT2D eigenvalue weighted by Gasteiger charge is -2.19. The highest BCUT2D eigenvalue weighted by molar-refractivity contribution is 7.89. The quantitative estimate of drug-likeness (QED) is 0.800. The van der Waals surface area contributed by atoms with E-state index >= 15 is 0 Å². The van der Waals surface area contributed by atoms with Crippen molar-refractivity contribution in [1.82, 2.24) is 9.62 Å². The number of hydrogen-bond acceptors (Lipinski definition) is 4. The second-order valence-electron chi connectivity index (χ2n) is 6.76. The predicted molar refractivity (Wildman–Crippen MR) is 103 cm³/mol. The van der Waals surface area contributed by atoms with E-state index in [0.29, 0.717) is 24.4 Å². The summed E-state index contributed by atoms with van der Waals surface area (Å²) in [5.41, 5.74) is 0.855. The van der Waals surface area contributed by atoms with Crippen molar-refractivity contribution in [2.24, 2.45) is 0 Å². The summed E-state index contributed by atoms with van der Waals surface area (Å²) < 4.78 is 46.6. The lowest BCUT2D eigenvalue weighted by Crippen LogP contribution is -2.29. The van der Waals surface area contributed by atoms with Crippen molar-refractivity contribution in [2.45, 2.75) is 30.7 Å². The first-order valence-corrected chi connectivity index (χ1v) is 10.6. The van der Waals surface area contributed by atoms with Gasteiger partial charge >= 0.3 is 0 Å². The van der Waals surface area contributed by atoms with Crippen LogP contribution in [-0.2, 0) is 10.0 Å². The van der Waals surface area contributed by atoms with E-state index in [4.69, 9.17) is 4.74 Å². The molecule has 0 saturated carbocycles. The molecule has 1 fully saturated rings. The van der Waals surface area contributed by atoms with Gasteiger partial charge in [0.1, 0.15) is 11.6 Å². The van der Waals surface area contributed by atoms with Crippen LogP contribution >= 0.6 is 0 Å². The lowest BCUT2D eigenvalue weighted by atomic mass is 10.1. The minimum absolute atomic E-state index is 0.0233. The number of carbonyl (C=O) groups excluding carboxylic acids is 1. The molecule has 2 aromatic carbocycles. The predicted octanol–water partition coefficient (Wildman–Crippen LogP) is 3.11. The van der Waals surface area contributed by atoms with E-state index in [1.807, 2.05) is 0 Å². The van der Waals surface area contributed by atoms with Crippen molar-refractivity contribution in [2.75, 3.05) is 20.2 Å². The van der Waals surface area contributed by atoms with Gasteiger partial charge in [0.25, 0.3) is 5.91 Å². The molecule has 1 amide bonds. The lowest BCUT2D eigenvalue weighted by molar-refractivity contribution is 0.0789. The largest absolute Gasteiger partial charge is 0.496 e. The molecule has 0 aliphatic carbocycles. The monoisotopic (exact) mass is 406 g/mol. The molecular formula is C20H23FN2O4S. The summed E-state index contributed by atoms with van der Waals surface area (Å²) in [6.07, 6.45) is 1.87. The topological polar surface area (TPSA) is 75.7 Å². The first-order valence-electron chi connectivity index (χ1n) is 9.07. The van der Waals surface area contributed by atoms with Gasteiger partial charge in [-0.2, -0.15) is 0 Å². The second kappa shape index (κ2) is 8.28. The molecule has 1 atom stereocenters. The number of rotatable bonds is 6. The van der Waals surface area contributed by atoms with E-state index in [9.17, 15) is 17.6 Å². The van der Waals surface area contributed by atoms with Gasteiger partial charge in [-0.05, 0) is 55.7 Å². The summed E-state index contributed by atoms with van der Waals surface area (Å²) in [5.74, 6) is -0.292. The Morgan fingerprint density at radius 2 is 1.79 bits per heavy atom. The number of sulfonamides is 1. The molecule has 1 N–H and O–H groups in total. The maximum Gasteiger partial charge on any atom is 0.257 e. The Balaban J connectivity index is 1.87. The molecule has 8 heteroatoms. The van der Waals surface area contributed by atoms with Gasteiger partial charge in [-0.3, -0.25) is 4.79 Å². The van der Waals surface area contributed by atoms with E-state index in [-0.39, 0.29) is 22.2 Å². The Bertz CT molecular complexity index is 955. The van der Waals surface area contributed by atoms with Crippen LogP contribution in [0.1, 0.15) is 41.7 Å². The molecule has 150 valence electrons. The van der Waals surface area contributed by atoms with Gasteiger partial charge in [-0.25, -0.2) is 17.5 Å². The first-order chi connectivity index (χ1) is 13.3. The Kier molecular flexibility index (Phi) is 6.00. The average molecular weight is 406 g/mol. The Labute approximate surface area is 164 Å². The fourth-order valence-electron chi connectivity index (χ4n) is 3.23. The van der Waals surface area contributed by atoms with Crippen LogP contribution < -0.4 is 9.46 Å². The van der Waals surface area contributed by atoms with Gasteiger partial charge in [0, 0.05) is 19.1 Å². The van der Waals surface area contributed by atoms with E-state index < -0.39 is 16.1 Å². The van der Waals surface area contributed by atoms with Crippen molar-refractivity contribution < 1.29 is 22.3 Å². The molecule has 0 aromatic heterocycles. The Morgan fingerprint density at radius 3 is 2.39 bits per heavy atom. The van der Waals surface area contributed by atoms with Gasteiger partial charge < -0.3 is 9.64 Å². The summed E-state index contributed by atoms with van der Waals surface area (Å²) in [7, 11) is -2.45. The minimum atomic E-state index is -3.89. The number of carbonyl (C=O) groups is 1. The van der Waals surface area contributed by atoms with Crippen molar-refractivity contribution in [3.63, 3.8) is 0 Å². The first kappa shape index (κ1) is 20.3. The molecule has 0 radical (unpaired) electrons. The summed E-state index contributed by atoms with van der Waals surface area (Å²) >= 11 is 0. The molecule has 1 aliphatic heterocycles. The number of nitrogens with zero attached hydrogens (tertiary/aromatic N) is 1. The zero-order valence-corrected chi connectivity index (χ0v) is 16.6. The van der Waals surface area contributed by atoms with Crippen LogP contribution in [0, 0.1) is 5.82 Å². The molecule has 1 aliphatic rings. The van der Waals surface area contributed by atoms with Crippen LogP contribution in [0.2, 0.25) is 0 Å². The van der Waals surface area contributed by atoms with Gasteiger partial charge in [0.15, 0.2) is 0 Å². The number of benzene rings is 2. The number of ether oxygens (including phenoxy) is 1. The molecule has 1 heterocycles. The van der Waals surface area contributed by atoms with Crippen molar-refractivity contribution in [3.05, 3.63) is 59.4 Å². The summed E-state index contributed by atoms with van der Waals surface area (Å²) in [6.45, 7) is 2.97. The molecule has 28 heavy (non-hydrogen) atoms. The van der Waals surface area contributed by atoms with E-state index in [2.05, 4.69) is 4.72 Å². The number of methoxy groups -OCH3 is 1. The summed E-state index contributed by atoms with van der Waals surface area (Å²) in [5, 5.41) is 0. The highest BCUT2D eigenvalue weighted by Crippen LogP contribution is 2.26. The van der Waals surface area contributed by atoms with Gasteiger partial charge in [0.2, 0.25) is 10.0 Å². The van der Waals surface area contributed by atoms with E-state index in [1.165, 1.54) is 49.6 Å². The van der Waals surface area contributed by atoms with E-state index in [0.717, 1.165) is 12.8 Å². The van der Waals surface area contributed by atoms with E-state index in [1.54, 1.807) is 11.8 Å². The molecule has 0 spiro atoms. The maximum atomic E-state index is 13.1. The van der Waals surface area contributed by atoms with Crippen molar-refractivity contribution in [3.8, 4) is 5.75 Å². The van der Waals surface area contributed by atoms with Crippen molar-refractivity contribution >= 4 is 15.9 Å². The SMILES string of the molecule is COc1ccc(S(=O)(=O)NC(C)c2ccc(F)cc2)cc1C(=O)N1CCCC1. The zero-order chi connectivity index (χ0) is 20.3. The molecule has 2 aromatic rings. The summed E-state index contributed by atoms with van der Waals surface area (Å²) in [6, 6.07) is 9.28. The third-order valence-electron chi connectivity index (χ3n) is 4.81. The standard InChI is InChI=1S/C20H23FN2O4S/c1-14(15-5-7-16(21)8-6-15)22-28(25,26)17-9-10-19(27-2)18(13-17)20(24)23-11-3-4-12-23/h5-10,13-14,22H,3-4,11-12H2,1-2H3. The Hall–Kier alpha value is -2.45. The second-order valence-corrected chi connectivity index (χ2v) is 8.47. The van der Waals surface area contributed by atoms with Gasteiger partial charge in [0.05, 0.1) is 17.6 Å². The van der Waals surface area contributed by atoms with Gasteiger partial charge in [-0.1, -0.05) is 12.1 Å². The van der Waals surface area contributed by atoms with Crippen LogP contribution in [0.5, 0.6) is 5.75 Å². The average Bonchev–Trinajstić information content (AvgIpc) is 3.21. The van der Waals surface area contributed by atoms with Crippen molar-refractivity contribution in [1.29, 1.82) is 0 Å². The number of halogens is 1. The third kappa shape index (κ3) is 4.34. The number of hydrogen-bond donors (Lipinski definition) is 1. The summed E-state index contributed by atoms with van der Waals surface area (Å²) in [4.78, 5) is 14.5. The third-order valence-corrected chi connectivity index (χ3v) is 6.35. The molecule has 0 bridgehead atoms. The number of amides is 1. The number of likely N-dealkylation sites (tertiary alicyclic amines) is 1. The fraction of sp³-hybridized carbons (Fsp3) is 0.350. The minimum Gasteiger partial charge on any atom is -0.496 e. The van der Waals surface area contributed by atoms with Crippen LogP contribution in [-0.4, -0.2) is 39.4 Å². The maximum absolute atomic E-state index is 13.1. The highest BCUT2D eigenvalue weighted by atomic mass is 32.2. The van der Waals surface area contributed by atoms with Crippen LogP contribution in [0.3, 0.4) is 0 Å². The number of nitrogens with one attached hydrogen (secondary N) is 1. The molecule has 3 rings (SSSR count). The molecule has 1 saturated heterocycles. The molecule has 1 unspecified atom stereocenters. The fourth-order valence-corrected chi connectivity index (χ4v) is 4.49. The van der Waals surface area contributed by atoms with Crippen LogP contribution in [0.15, 0.2) is 47.4 Å². The Morgan fingerprint density at radius 1 is 1.14 bits per heavy atom. The smallest absolute Gasteiger partial charge is 0.257 e. The molecule has 6 nitrogen and oxygen atoms in total. The van der Waals surface area contributed by atoms with Crippen LogP contribution in [0.4, 0.5) is 4.39 Å². The normalized spacial score (nSPS) is 15.5. The van der Waals surface area contributed by atoms with Crippen LogP contribution in [0.25, 0.3) is 0 Å². The molecular weight excluding hydrogens is 383 g/mol. The highest BCUT2D eigenvalue weighted by Gasteiger charge is 2.26.